The summed E-state index contributed by atoms with van der Waals surface area (Å²) in [4.78, 5) is 9.22. The molecule has 0 spiro atoms. The van der Waals surface area contributed by atoms with Gasteiger partial charge in [-0.25, -0.2) is 9.97 Å². The maximum absolute atomic E-state index is 6.05. The van der Waals surface area contributed by atoms with Gasteiger partial charge in [0.2, 0.25) is 11.7 Å². The van der Waals surface area contributed by atoms with Crippen LogP contribution in [0.3, 0.4) is 0 Å². The summed E-state index contributed by atoms with van der Waals surface area (Å²) < 4.78 is 11.2. The van der Waals surface area contributed by atoms with E-state index in [2.05, 4.69) is 25.5 Å². The van der Waals surface area contributed by atoms with E-state index in [4.69, 9.17) is 20.8 Å². The SMILES string of the molecule is CCOCCCNc1nc(-c2nnc(-c3cccc(Cl)c3)o2)nc2ccccc12. The predicted molar refractivity (Wildman–Crippen MR) is 113 cm³/mol. The molecule has 2 aromatic heterocycles. The minimum Gasteiger partial charge on any atom is -0.413 e. The number of hydrogen-bond donors (Lipinski definition) is 1. The molecule has 1 N–H and O–H groups in total. The van der Waals surface area contributed by atoms with Crippen molar-refractivity contribution in [3.63, 3.8) is 0 Å². The van der Waals surface area contributed by atoms with E-state index < -0.39 is 0 Å². The van der Waals surface area contributed by atoms with E-state index in [1.807, 2.05) is 43.3 Å². The molecular weight excluding hydrogens is 390 g/mol. The second-order valence-corrected chi connectivity index (χ2v) is 6.75. The molecule has 148 valence electrons. The van der Waals surface area contributed by atoms with Gasteiger partial charge in [0.05, 0.1) is 5.52 Å². The van der Waals surface area contributed by atoms with Crippen molar-refractivity contribution in [2.75, 3.05) is 25.1 Å². The third-order valence-electron chi connectivity index (χ3n) is 4.25. The van der Waals surface area contributed by atoms with Gasteiger partial charge in [-0.1, -0.05) is 29.8 Å². The van der Waals surface area contributed by atoms with E-state index in [9.17, 15) is 0 Å². The van der Waals surface area contributed by atoms with Gasteiger partial charge in [0, 0.05) is 35.7 Å². The summed E-state index contributed by atoms with van der Waals surface area (Å²) in [6.45, 7) is 4.14. The molecule has 0 fully saturated rings. The lowest BCUT2D eigenvalue weighted by Crippen LogP contribution is -2.08. The number of rotatable bonds is 8. The number of aromatic nitrogens is 4. The van der Waals surface area contributed by atoms with E-state index in [0.29, 0.717) is 30.0 Å². The monoisotopic (exact) mass is 409 g/mol. The Morgan fingerprint density at radius 3 is 2.76 bits per heavy atom. The maximum atomic E-state index is 6.05. The highest BCUT2D eigenvalue weighted by atomic mass is 35.5. The highest BCUT2D eigenvalue weighted by molar-refractivity contribution is 6.30. The third kappa shape index (κ3) is 4.52. The van der Waals surface area contributed by atoms with Crippen LogP contribution in [0.4, 0.5) is 5.82 Å². The van der Waals surface area contributed by atoms with Gasteiger partial charge in [0.1, 0.15) is 5.82 Å². The van der Waals surface area contributed by atoms with Crippen LogP contribution in [-0.2, 0) is 4.74 Å². The molecule has 0 radical (unpaired) electrons. The van der Waals surface area contributed by atoms with E-state index in [1.54, 1.807) is 12.1 Å². The van der Waals surface area contributed by atoms with Crippen LogP contribution in [0.1, 0.15) is 13.3 Å². The van der Waals surface area contributed by atoms with Crippen LogP contribution in [0.25, 0.3) is 34.1 Å². The quantitative estimate of drug-likeness (QED) is 0.417. The summed E-state index contributed by atoms with van der Waals surface area (Å²) >= 11 is 6.05. The first-order valence-corrected chi connectivity index (χ1v) is 9.80. The molecule has 2 aromatic carbocycles. The summed E-state index contributed by atoms with van der Waals surface area (Å²) in [6, 6.07) is 15.1. The molecule has 4 aromatic rings. The van der Waals surface area contributed by atoms with E-state index in [0.717, 1.165) is 35.2 Å². The van der Waals surface area contributed by atoms with Gasteiger partial charge < -0.3 is 14.5 Å². The first kappa shape index (κ1) is 19.3. The summed E-state index contributed by atoms with van der Waals surface area (Å²) in [5.74, 6) is 1.72. The fraction of sp³-hybridized carbons (Fsp3) is 0.238. The maximum Gasteiger partial charge on any atom is 0.286 e. The van der Waals surface area contributed by atoms with Crippen LogP contribution in [0, 0.1) is 0 Å². The highest BCUT2D eigenvalue weighted by Crippen LogP contribution is 2.27. The summed E-state index contributed by atoms with van der Waals surface area (Å²) in [5, 5.41) is 13.1. The summed E-state index contributed by atoms with van der Waals surface area (Å²) in [7, 11) is 0. The number of benzene rings is 2. The minimum absolute atomic E-state index is 0.253. The Hall–Kier alpha value is -3.03. The number of nitrogens with one attached hydrogen (secondary N) is 1. The molecule has 2 heterocycles. The normalized spacial score (nSPS) is 11.1. The second kappa shape index (κ2) is 8.98. The average molecular weight is 410 g/mol. The zero-order valence-corrected chi connectivity index (χ0v) is 16.7. The van der Waals surface area contributed by atoms with Crippen molar-refractivity contribution >= 4 is 28.3 Å². The highest BCUT2D eigenvalue weighted by Gasteiger charge is 2.16. The van der Waals surface area contributed by atoms with Crippen molar-refractivity contribution in [1.29, 1.82) is 0 Å². The molecule has 0 aliphatic heterocycles. The standard InChI is InChI=1S/C21H20ClN5O2/c1-2-28-12-6-11-23-18-16-9-3-4-10-17(16)24-19(25-18)21-27-26-20(29-21)14-7-5-8-15(22)13-14/h3-5,7-10,13H,2,6,11-12H2,1H3,(H,23,24,25). The molecule has 7 nitrogen and oxygen atoms in total. The number of halogens is 1. The topological polar surface area (TPSA) is 86.0 Å². The lowest BCUT2D eigenvalue weighted by Gasteiger charge is -2.09. The largest absolute Gasteiger partial charge is 0.413 e. The number of anilines is 1. The molecule has 0 saturated heterocycles. The van der Waals surface area contributed by atoms with Crippen LogP contribution in [-0.4, -0.2) is 39.9 Å². The Balaban J connectivity index is 1.64. The number of fused-ring (bicyclic) bond motifs is 1. The zero-order chi connectivity index (χ0) is 20.1. The molecule has 0 bridgehead atoms. The molecule has 4 rings (SSSR count). The van der Waals surface area contributed by atoms with Crippen LogP contribution in [0.2, 0.25) is 5.02 Å². The molecule has 29 heavy (non-hydrogen) atoms. The van der Waals surface area contributed by atoms with Crippen LogP contribution >= 0.6 is 11.6 Å². The van der Waals surface area contributed by atoms with E-state index in [-0.39, 0.29) is 5.89 Å². The molecule has 0 saturated carbocycles. The van der Waals surface area contributed by atoms with Gasteiger partial charge in [-0.15, -0.1) is 10.2 Å². The molecule has 0 aliphatic rings. The lowest BCUT2D eigenvalue weighted by molar-refractivity contribution is 0.147. The summed E-state index contributed by atoms with van der Waals surface area (Å²) in [5.41, 5.74) is 1.54. The number of para-hydroxylation sites is 1. The van der Waals surface area contributed by atoms with E-state index in [1.165, 1.54) is 0 Å². The lowest BCUT2D eigenvalue weighted by atomic mass is 10.2. The zero-order valence-electron chi connectivity index (χ0n) is 15.9. The fourth-order valence-electron chi connectivity index (χ4n) is 2.88. The average Bonchev–Trinajstić information content (AvgIpc) is 3.24. The van der Waals surface area contributed by atoms with Crippen LogP contribution in [0.5, 0.6) is 0 Å². The van der Waals surface area contributed by atoms with Crippen LogP contribution in [0.15, 0.2) is 52.9 Å². The Morgan fingerprint density at radius 1 is 1.03 bits per heavy atom. The van der Waals surface area contributed by atoms with Crippen molar-refractivity contribution in [2.45, 2.75) is 13.3 Å². The second-order valence-electron chi connectivity index (χ2n) is 6.31. The van der Waals surface area contributed by atoms with Crippen molar-refractivity contribution in [3.05, 3.63) is 53.6 Å². The Bertz CT molecular complexity index is 1120. The first-order chi connectivity index (χ1) is 14.2. The number of ether oxygens (including phenoxy) is 1. The van der Waals surface area contributed by atoms with Crippen molar-refractivity contribution in [1.82, 2.24) is 20.2 Å². The molecule has 0 aliphatic carbocycles. The van der Waals surface area contributed by atoms with Crippen molar-refractivity contribution in [3.8, 4) is 23.2 Å². The Morgan fingerprint density at radius 2 is 1.90 bits per heavy atom. The summed E-state index contributed by atoms with van der Waals surface area (Å²) in [6.07, 6.45) is 0.876. The number of hydrogen-bond acceptors (Lipinski definition) is 7. The van der Waals surface area contributed by atoms with Crippen LogP contribution < -0.4 is 5.32 Å². The van der Waals surface area contributed by atoms with Crippen molar-refractivity contribution < 1.29 is 9.15 Å². The Labute approximate surface area is 173 Å². The predicted octanol–water partition coefficient (Wildman–Crippen LogP) is 4.84. The molecular formula is C21H20ClN5O2. The molecule has 0 amide bonds. The van der Waals surface area contributed by atoms with Gasteiger partial charge in [-0.3, -0.25) is 0 Å². The number of nitrogens with zero attached hydrogens (tertiary/aromatic N) is 4. The molecule has 0 atom stereocenters. The first-order valence-electron chi connectivity index (χ1n) is 9.43. The van der Waals surface area contributed by atoms with Crippen molar-refractivity contribution in [2.24, 2.45) is 0 Å². The Kier molecular flexibility index (Phi) is 5.97. The van der Waals surface area contributed by atoms with E-state index >= 15 is 0 Å². The van der Waals surface area contributed by atoms with Gasteiger partial charge >= 0.3 is 0 Å². The molecule has 8 heteroatoms. The third-order valence-corrected chi connectivity index (χ3v) is 4.49. The smallest absolute Gasteiger partial charge is 0.286 e. The van der Waals surface area contributed by atoms with Gasteiger partial charge in [0.25, 0.3) is 5.89 Å². The fourth-order valence-corrected chi connectivity index (χ4v) is 3.07. The minimum atomic E-state index is 0.253. The van der Waals surface area contributed by atoms with Gasteiger partial charge in [-0.2, -0.15) is 0 Å². The van der Waals surface area contributed by atoms with Gasteiger partial charge in [0.15, 0.2) is 0 Å². The molecule has 0 unspecified atom stereocenters. The van der Waals surface area contributed by atoms with Gasteiger partial charge in [-0.05, 0) is 43.7 Å².